The number of carbonyl (C=O) groups is 1. The molecule has 0 unspecified atom stereocenters. The lowest BCUT2D eigenvalue weighted by atomic mass is 9.75. The number of benzene rings is 1. The minimum atomic E-state index is -0.864. The predicted octanol–water partition coefficient (Wildman–Crippen LogP) is 4.27. The van der Waals surface area contributed by atoms with E-state index in [-0.39, 0.29) is 10.9 Å². The van der Waals surface area contributed by atoms with Gasteiger partial charge in [0.1, 0.15) is 17.1 Å². The number of rotatable bonds is 8. The van der Waals surface area contributed by atoms with Crippen LogP contribution in [-0.4, -0.2) is 33.0 Å². The van der Waals surface area contributed by atoms with Gasteiger partial charge in [0.2, 0.25) is 11.9 Å². The molecule has 3 aromatic rings. The highest BCUT2D eigenvalue weighted by Crippen LogP contribution is 2.40. The summed E-state index contributed by atoms with van der Waals surface area (Å²) in [5.41, 5.74) is 13.9. The smallest absolute Gasteiger partial charge is 0.244 e. The average Bonchev–Trinajstić information content (AvgIpc) is 3.34. The summed E-state index contributed by atoms with van der Waals surface area (Å²) in [6.07, 6.45) is 5.18. The van der Waals surface area contributed by atoms with E-state index in [0.717, 1.165) is 6.42 Å². The van der Waals surface area contributed by atoms with Gasteiger partial charge in [-0.15, -0.1) is 5.53 Å². The minimum absolute atomic E-state index is 0.100. The number of anilines is 2. The van der Waals surface area contributed by atoms with Crippen LogP contribution in [0.1, 0.15) is 62.9 Å². The van der Waals surface area contributed by atoms with Gasteiger partial charge in [0.25, 0.3) is 0 Å². The maximum absolute atomic E-state index is 15.5. The third-order valence-corrected chi connectivity index (χ3v) is 7.56. The van der Waals surface area contributed by atoms with Crippen LogP contribution in [0, 0.1) is 35.4 Å². The summed E-state index contributed by atoms with van der Waals surface area (Å²) in [5.74, 6) is -1.63. The van der Waals surface area contributed by atoms with Crippen LogP contribution >= 0.6 is 0 Å². The first kappa shape index (κ1) is 28.0. The lowest BCUT2D eigenvalue weighted by Gasteiger charge is -2.44. The van der Waals surface area contributed by atoms with Crippen molar-refractivity contribution in [3.8, 4) is 6.07 Å². The van der Waals surface area contributed by atoms with Crippen molar-refractivity contribution in [2.75, 3.05) is 17.2 Å². The summed E-state index contributed by atoms with van der Waals surface area (Å²) in [7, 11) is 0. The maximum atomic E-state index is 15.5. The number of hydrogen-bond donors (Lipinski definition) is 5. The number of pyridine rings is 2. The van der Waals surface area contributed by atoms with E-state index in [1.807, 2.05) is 0 Å². The van der Waals surface area contributed by atoms with Crippen LogP contribution in [0.2, 0.25) is 0 Å². The normalized spacial score (nSPS) is 16.8. The first-order valence-corrected chi connectivity index (χ1v) is 13.4. The fourth-order valence-electron chi connectivity index (χ4n) is 5.13. The van der Waals surface area contributed by atoms with Gasteiger partial charge in [-0.3, -0.25) is 14.8 Å². The van der Waals surface area contributed by atoms with Gasteiger partial charge in [0.15, 0.2) is 5.82 Å². The Morgan fingerprint density at radius 3 is 2.66 bits per heavy atom. The summed E-state index contributed by atoms with van der Waals surface area (Å²) in [6.45, 7) is 8.39. The molecule has 1 amide bonds. The van der Waals surface area contributed by atoms with Gasteiger partial charge in [-0.05, 0) is 49.8 Å². The van der Waals surface area contributed by atoms with Crippen molar-refractivity contribution in [2.45, 2.75) is 58.5 Å². The summed E-state index contributed by atoms with van der Waals surface area (Å²) in [4.78, 5) is 20.5. The molecule has 1 aliphatic carbocycles. The molecule has 1 aliphatic heterocycles. The Labute approximate surface area is 237 Å². The molecule has 5 rings (SSSR count). The van der Waals surface area contributed by atoms with Gasteiger partial charge >= 0.3 is 0 Å². The number of nitrogens with zero attached hydrogens (tertiary/aromatic N) is 4. The van der Waals surface area contributed by atoms with E-state index >= 15 is 4.39 Å². The molecule has 0 saturated heterocycles. The van der Waals surface area contributed by atoms with E-state index in [4.69, 9.17) is 5.73 Å². The van der Waals surface area contributed by atoms with Crippen molar-refractivity contribution in [1.82, 2.24) is 25.9 Å². The number of nitriles is 1. The number of hydrazine groups is 2. The summed E-state index contributed by atoms with van der Waals surface area (Å²) >= 11 is 0. The first-order valence-electron chi connectivity index (χ1n) is 13.4. The monoisotopic (exact) mass is 561 g/mol. The molecule has 2 aromatic heterocycles. The van der Waals surface area contributed by atoms with E-state index in [2.05, 4.69) is 58.4 Å². The number of halogens is 2. The molecule has 1 atom stereocenters. The molecule has 10 nitrogen and oxygen atoms in total. The largest absolute Gasteiger partial charge is 0.383 e. The molecule has 6 N–H and O–H groups in total. The molecular formula is C29H33F2N9O. The molecule has 1 aromatic carbocycles. The van der Waals surface area contributed by atoms with Gasteiger partial charge < -0.3 is 21.8 Å². The molecule has 0 bridgehead atoms. The third kappa shape index (κ3) is 5.32. The second-order valence-electron chi connectivity index (χ2n) is 11.8. The van der Waals surface area contributed by atoms with Crippen LogP contribution in [0.4, 0.5) is 20.2 Å². The lowest BCUT2D eigenvalue weighted by Crippen LogP contribution is -2.63. The number of fused-ring (bicyclic) bond motifs is 1. The predicted molar refractivity (Wildman–Crippen MR) is 152 cm³/mol. The Hall–Kier alpha value is -4.50. The zero-order valence-corrected chi connectivity index (χ0v) is 23.4. The molecule has 0 radical (unpaired) electrons. The second-order valence-corrected chi connectivity index (χ2v) is 11.8. The number of carbonyl (C=O) groups excluding carboxylic acids is 1. The fraction of sp³-hybridized carbons (Fsp3) is 0.379. The zero-order chi connectivity index (χ0) is 29.5. The summed E-state index contributed by atoms with van der Waals surface area (Å²) < 4.78 is 29.4. The van der Waals surface area contributed by atoms with Crippen molar-refractivity contribution in [1.29, 1.82) is 5.26 Å². The highest BCUT2D eigenvalue weighted by Gasteiger charge is 2.49. The quantitative estimate of drug-likeness (QED) is 0.255. The minimum Gasteiger partial charge on any atom is -0.383 e. The fourth-order valence-corrected chi connectivity index (χ4v) is 5.13. The highest BCUT2D eigenvalue weighted by molar-refractivity contribution is 5.96. The molecule has 214 valence electrons. The van der Waals surface area contributed by atoms with Crippen LogP contribution in [0.5, 0.6) is 0 Å². The Balaban J connectivity index is 1.58. The Kier molecular flexibility index (Phi) is 7.17. The number of nitrogens with two attached hydrogens (primary N) is 1. The van der Waals surface area contributed by atoms with Crippen LogP contribution in [0.3, 0.4) is 0 Å². The maximum Gasteiger partial charge on any atom is 0.244 e. The van der Waals surface area contributed by atoms with E-state index in [9.17, 15) is 14.4 Å². The molecule has 1 saturated carbocycles. The molecule has 41 heavy (non-hydrogen) atoms. The lowest BCUT2D eigenvalue weighted by molar-refractivity contribution is -0.136. The van der Waals surface area contributed by atoms with Crippen LogP contribution in [0.15, 0.2) is 42.4 Å². The van der Waals surface area contributed by atoms with Gasteiger partial charge in [-0.1, -0.05) is 26.8 Å². The Morgan fingerprint density at radius 1 is 1.29 bits per heavy atom. The molecule has 12 heteroatoms. The summed E-state index contributed by atoms with van der Waals surface area (Å²) in [6, 6.07) is 7.41. The van der Waals surface area contributed by atoms with E-state index in [1.165, 1.54) is 18.3 Å². The van der Waals surface area contributed by atoms with Crippen LogP contribution < -0.4 is 27.3 Å². The molecular weight excluding hydrogens is 528 g/mol. The van der Waals surface area contributed by atoms with Gasteiger partial charge in [0, 0.05) is 41.3 Å². The molecule has 2 aliphatic rings. The van der Waals surface area contributed by atoms with E-state index < -0.39 is 29.3 Å². The Morgan fingerprint density at radius 2 is 2.05 bits per heavy atom. The number of primary amides is 1. The van der Waals surface area contributed by atoms with Gasteiger partial charge in [-0.2, -0.15) is 9.65 Å². The van der Waals surface area contributed by atoms with Crippen LogP contribution in [-0.2, 0) is 4.79 Å². The standard InChI is InChI=1S/C29H33F2N9O/c1-16-19(6-7-23(31)36-16)26(22-14-40(39-38-22)29(27(33)41)8-5-9-29)37-18-10-20-24(35-15-28(2,3)4)17(12-32)13-34-25(20)21(30)11-18/h6-7,10-11,13-14,26,37-39H,5,8-9,15H2,1-4H3,(H2,33,41)(H,34,35)/t26-/m0/s1. The number of amides is 1. The van der Waals surface area contributed by atoms with Crippen molar-refractivity contribution >= 4 is 28.2 Å². The summed E-state index contributed by atoms with van der Waals surface area (Å²) in [5, 5.41) is 18.5. The number of aryl methyl sites for hydroxylation is 1. The second kappa shape index (κ2) is 10.5. The number of aromatic nitrogens is 2. The van der Waals surface area contributed by atoms with Crippen molar-refractivity contribution in [3.05, 3.63) is 70.9 Å². The van der Waals surface area contributed by atoms with Crippen molar-refractivity contribution in [2.24, 2.45) is 11.1 Å². The van der Waals surface area contributed by atoms with Crippen molar-refractivity contribution < 1.29 is 13.6 Å². The first-order chi connectivity index (χ1) is 19.4. The van der Waals surface area contributed by atoms with Gasteiger partial charge in [0.05, 0.1) is 23.0 Å². The Bertz CT molecular complexity index is 1590. The van der Waals surface area contributed by atoms with Gasteiger partial charge in [-0.25, -0.2) is 9.37 Å². The van der Waals surface area contributed by atoms with E-state index in [1.54, 1.807) is 30.3 Å². The molecule has 0 spiro atoms. The molecule has 1 fully saturated rings. The van der Waals surface area contributed by atoms with Crippen LogP contribution in [0.25, 0.3) is 10.9 Å². The SMILES string of the molecule is Cc1nc(F)ccc1[C@H](Nc1cc(F)c2ncc(C#N)c(NCC(C)(C)C)c2c1)C1=CN(C2(C(N)=O)CCC2)NN1. The number of nitrogens with one attached hydrogen (secondary N) is 4. The zero-order valence-electron chi connectivity index (χ0n) is 23.4. The molecule has 3 heterocycles. The highest BCUT2D eigenvalue weighted by atomic mass is 19.1. The number of hydrogen-bond acceptors (Lipinski definition) is 9. The van der Waals surface area contributed by atoms with E-state index in [0.29, 0.717) is 58.7 Å². The topological polar surface area (TPSA) is 144 Å². The third-order valence-electron chi connectivity index (χ3n) is 7.56. The average molecular weight is 562 g/mol. The van der Waals surface area contributed by atoms with Crippen molar-refractivity contribution in [3.63, 3.8) is 0 Å².